The van der Waals surface area contributed by atoms with E-state index in [0.717, 1.165) is 17.7 Å². The molecule has 0 fully saturated rings. The van der Waals surface area contributed by atoms with E-state index in [-0.39, 0.29) is 29.1 Å². The highest BCUT2D eigenvalue weighted by Gasteiger charge is 2.39. The number of fused-ring (bicyclic) bond motifs is 1. The van der Waals surface area contributed by atoms with Gasteiger partial charge in [0.25, 0.3) is 0 Å². The van der Waals surface area contributed by atoms with Crippen LogP contribution in [0.25, 0.3) is 0 Å². The molecule has 0 unspecified atom stereocenters. The molecule has 18 heavy (non-hydrogen) atoms. The molecule has 0 spiro atoms. The zero-order chi connectivity index (χ0) is 13.5. The molecule has 2 nitrogen and oxygen atoms in total. The van der Waals surface area contributed by atoms with Crippen molar-refractivity contribution >= 4 is 23.2 Å². The number of halogens is 2. The smallest absolute Gasteiger partial charge is 0.242 e. The number of alkyl halides is 1. The van der Waals surface area contributed by atoms with E-state index in [1.165, 1.54) is 12.1 Å². The van der Waals surface area contributed by atoms with E-state index in [9.17, 15) is 9.18 Å². The second-order valence-corrected chi connectivity index (χ2v) is 5.75. The van der Waals surface area contributed by atoms with Gasteiger partial charge in [-0.2, -0.15) is 0 Å². The summed E-state index contributed by atoms with van der Waals surface area (Å²) in [7, 11) is 0. The van der Waals surface area contributed by atoms with Crippen molar-refractivity contribution in [3.63, 3.8) is 0 Å². The van der Waals surface area contributed by atoms with Crippen LogP contribution in [-0.4, -0.2) is 17.3 Å². The van der Waals surface area contributed by atoms with Crippen molar-refractivity contribution in [2.45, 2.75) is 38.6 Å². The summed E-state index contributed by atoms with van der Waals surface area (Å²) in [5.41, 5.74) is 1.37. The van der Waals surface area contributed by atoms with Gasteiger partial charge in [0, 0.05) is 11.2 Å². The molecule has 2 rings (SSSR count). The van der Waals surface area contributed by atoms with Crippen molar-refractivity contribution in [2.75, 3.05) is 10.8 Å². The standard InChI is InChI=1S/C14H17ClFNO/c1-9-7-14(2,3)17(13(18)8-15)12-5-4-10(16)6-11(9)12/h4-6,9H,7-8H2,1-3H3/t9-/m1/s1. The van der Waals surface area contributed by atoms with Gasteiger partial charge >= 0.3 is 0 Å². The highest BCUT2D eigenvalue weighted by atomic mass is 35.5. The average Bonchev–Trinajstić information content (AvgIpc) is 2.28. The Morgan fingerprint density at radius 3 is 2.83 bits per heavy atom. The second kappa shape index (κ2) is 4.54. The van der Waals surface area contributed by atoms with Crippen LogP contribution in [0.1, 0.15) is 38.7 Å². The first-order chi connectivity index (χ1) is 8.36. The molecular weight excluding hydrogens is 253 g/mol. The summed E-state index contributed by atoms with van der Waals surface area (Å²) in [6.07, 6.45) is 0.798. The largest absolute Gasteiger partial charge is 0.306 e. The molecule has 4 heteroatoms. The topological polar surface area (TPSA) is 20.3 Å². The summed E-state index contributed by atoms with van der Waals surface area (Å²) >= 11 is 5.68. The molecule has 0 bridgehead atoms. The van der Waals surface area contributed by atoms with Crippen LogP contribution in [0, 0.1) is 5.82 Å². The number of hydrogen-bond donors (Lipinski definition) is 0. The van der Waals surface area contributed by atoms with Crippen molar-refractivity contribution in [1.29, 1.82) is 0 Å². The third-order valence-electron chi connectivity index (χ3n) is 3.54. The maximum absolute atomic E-state index is 13.3. The quantitative estimate of drug-likeness (QED) is 0.712. The van der Waals surface area contributed by atoms with Crippen LogP contribution in [0.2, 0.25) is 0 Å². The Bertz CT molecular complexity index is 487. The first-order valence-corrected chi connectivity index (χ1v) is 6.59. The van der Waals surface area contributed by atoms with Crippen molar-refractivity contribution in [3.8, 4) is 0 Å². The van der Waals surface area contributed by atoms with Crippen molar-refractivity contribution in [1.82, 2.24) is 0 Å². The summed E-state index contributed by atoms with van der Waals surface area (Å²) in [5.74, 6) is -0.237. The molecule has 0 saturated heterocycles. The summed E-state index contributed by atoms with van der Waals surface area (Å²) < 4.78 is 13.3. The lowest BCUT2D eigenvalue weighted by Gasteiger charge is -2.45. The van der Waals surface area contributed by atoms with E-state index in [1.54, 1.807) is 11.0 Å². The van der Waals surface area contributed by atoms with E-state index >= 15 is 0 Å². The Labute approximate surface area is 112 Å². The number of nitrogens with zero attached hydrogens (tertiary/aromatic N) is 1. The van der Waals surface area contributed by atoms with Crippen LogP contribution in [0.5, 0.6) is 0 Å². The lowest BCUT2D eigenvalue weighted by Crippen LogP contribution is -2.52. The number of carbonyl (C=O) groups excluding carboxylic acids is 1. The molecule has 1 amide bonds. The molecule has 1 aromatic rings. The number of hydrogen-bond acceptors (Lipinski definition) is 1. The Balaban J connectivity index is 2.58. The SMILES string of the molecule is C[C@@H]1CC(C)(C)N(C(=O)CCl)c2ccc(F)cc21. The molecule has 1 heterocycles. The normalized spacial score (nSPS) is 21.6. The van der Waals surface area contributed by atoms with Crippen LogP contribution in [0.4, 0.5) is 10.1 Å². The van der Waals surface area contributed by atoms with Crippen LogP contribution in [0.3, 0.4) is 0 Å². The van der Waals surface area contributed by atoms with E-state index in [4.69, 9.17) is 11.6 Å². The first kappa shape index (κ1) is 13.3. The molecule has 0 saturated carbocycles. The lowest BCUT2D eigenvalue weighted by atomic mass is 9.80. The molecular formula is C14H17ClFNO. The number of rotatable bonds is 1. The third-order valence-corrected chi connectivity index (χ3v) is 3.76. The fourth-order valence-electron chi connectivity index (χ4n) is 2.93. The predicted molar refractivity (Wildman–Crippen MR) is 71.7 cm³/mol. The zero-order valence-electron chi connectivity index (χ0n) is 10.8. The van der Waals surface area contributed by atoms with Gasteiger partial charge in [0.2, 0.25) is 5.91 Å². The molecule has 0 radical (unpaired) electrons. The van der Waals surface area contributed by atoms with E-state index in [2.05, 4.69) is 6.92 Å². The first-order valence-electron chi connectivity index (χ1n) is 6.05. The Morgan fingerprint density at radius 1 is 1.56 bits per heavy atom. The maximum atomic E-state index is 13.3. The van der Waals surface area contributed by atoms with Gasteiger partial charge in [-0.25, -0.2) is 4.39 Å². The van der Waals surface area contributed by atoms with Gasteiger partial charge in [-0.05, 0) is 49.9 Å². The molecule has 1 atom stereocenters. The summed E-state index contributed by atoms with van der Waals surface area (Å²) in [4.78, 5) is 13.7. The Hall–Kier alpha value is -1.09. The molecule has 0 aromatic heterocycles. The predicted octanol–water partition coefficient (Wildman–Crippen LogP) is 3.68. The zero-order valence-corrected chi connectivity index (χ0v) is 11.6. The minimum atomic E-state index is -0.295. The van der Waals surface area contributed by atoms with Crippen molar-refractivity contribution in [3.05, 3.63) is 29.6 Å². The van der Waals surface area contributed by atoms with Gasteiger partial charge < -0.3 is 4.90 Å². The molecule has 1 aliphatic rings. The Kier molecular flexibility index (Phi) is 3.37. The van der Waals surface area contributed by atoms with Gasteiger partial charge in [-0.15, -0.1) is 11.6 Å². The van der Waals surface area contributed by atoms with Gasteiger partial charge in [-0.3, -0.25) is 4.79 Å². The van der Waals surface area contributed by atoms with Gasteiger partial charge in [0.05, 0.1) is 0 Å². The molecule has 1 aliphatic heterocycles. The minimum Gasteiger partial charge on any atom is -0.306 e. The summed E-state index contributed by atoms with van der Waals surface area (Å²) in [5, 5.41) is 0. The second-order valence-electron chi connectivity index (χ2n) is 5.48. The van der Waals surface area contributed by atoms with Crippen LogP contribution in [0.15, 0.2) is 18.2 Å². The minimum absolute atomic E-state index is 0.0609. The average molecular weight is 270 g/mol. The lowest BCUT2D eigenvalue weighted by molar-refractivity contribution is -0.117. The Morgan fingerprint density at radius 2 is 2.22 bits per heavy atom. The number of amides is 1. The fraction of sp³-hybridized carbons (Fsp3) is 0.500. The van der Waals surface area contributed by atoms with Crippen molar-refractivity contribution < 1.29 is 9.18 Å². The van der Waals surface area contributed by atoms with E-state index < -0.39 is 0 Å². The molecule has 0 aliphatic carbocycles. The van der Waals surface area contributed by atoms with Gasteiger partial charge in [0.1, 0.15) is 11.7 Å². The van der Waals surface area contributed by atoms with Crippen LogP contribution in [-0.2, 0) is 4.79 Å². The maximum Gasteiger partial charge on any atom is 0.242 e. The van der Waals surface area contributed by atoms with Crippen LogP contribution < -0.4 is 4.90 Å². The molecule has 0 N–H and O–H groups in total. The monoisotopic (exact) mass is 269 g/mol. The molecule has 98 valence electrons. The molecule has 1 aromatic carbocycles. The van der Waals surface area contributed by atoms with E-state index in [1.807, 2.05) is 13.8 Å². The van der Waals surface area contributed by atoms with Gasteiger partial charge in [-0.1, -0.05) is 6.92 Å². The highest BCUT2D eigenvalue weighted by Crippen LogP contribution is 2.43. The van der Waals surface area contributed by atoms with E-state index in [0.29, 0.717) is 0 Å². The number of carbonyl (C=O) groups is 1. The highest BCUT2D eigenvalue weighted by molar-refractivity contribution is 6.29. The van der Waals surface area contributed by atoms with Gasteiger partial charge in [0.15, 0.2) is 0 Å². The summed E-state index contributed by atoms with van der Waals surface area (Å²) in [6.45, 7) is 6.09. The van der Waals surface area contributed by atoms with Crippen LogP contribution >= 0.6 is 11.6 Å². The third kappa shape index (κ3) is 2.12. The van der Waals surface area contributed by atoms with Crippen molar-refractivity contribution in [2.24, 2.45) is 0 Å². The summed E-state index contributed by atoms with van der Waals surface area (Å²) in [6, 6.07) is 4.58. The number of anilines is 1. The fourth-order valence-corrected chi connectivity index (χ4v) is 3.05. The number of benzene rings is 1.